The van der Waals surface area contributed by atoms with Crippen LogP contribution in [0, 0.1) is 0 Å². The molecule has 26 heavy (non-hydrogen) atoms. The summed E-state index contributed by atoms with van der Waals surface area (Å²) >= 11 is 0. The maximum Gasteiger partial charge on any atom is 0.332 e. The fraction of sp³-hybridized carbons (Fsp3) is 0.625. The van der Waals surface area contributed by atoms with Gasteiger partial charge < -0.3 is 9.47 Å². The van der Waals surface area contributed by atoms with Gasteiger partial charge in [-0.2, -0.15) is 10.1 Å². The van der Waals surface area contributed by atoms with Gasteiger partial charge >= 0.3 is 5.69 Å². The lowest BCUT2D eigenvalue weighted by Gasteiger charge is -2.28. The number of aryl methyl sites for hydroxylation is 1. The maximum atomic E-state index is 13.1. The monoisotopic (exact) mass is 364 g/mol. The Morgan fingerprint density at radius 3 is 2.42 bits per heavy atom. The number of nitrogens with zero attached hydrogens (tertiary/aromatic N) is 6. The molecule has 0 N–H and O–H groups in total. The number of rotatable bonds is 6. The van der Waals surface area contributed by atoms with Crippen LogP contribution in [-0.4, -0.2) is 58.4 Å². The van der Waals surface area contributed by atoms with Crippen molar-refractivity contribution in [2.24, 2.45) is 12.1 Å². The molecule has 0 radical (unpaired) electrons. The standard InChI is InChI=1S/C16H24N6O4/c1-10-11(2)22-12-13(17-15(22)21(18-10)7-9-26-5)19(3)16(24)20(14(12)23)6-8-25-4/h11H,6-9H2,1-5H3/t11-/m0/s1. The van der Waals surface area contributed by atoms with Gasteiger partial charge in [0.2, 0.25) is 5.95 Å². The van der Waals surface area contributed by atoms with E-state index in [0.29, 0.717) is 30.3 Å². The molecule has 2 aromatic rings. The molecule has 0 aromatic carbocycles. The van der Waals surface area contributed by atoms with Crippen molar-refractivity contribution >= 4 is 22.8 Å². The second-order valence-electron chi connectivity index (χ2n) is 6.28. The summed E-state index contributed by atoms with van der Waals surface area (Å²) in [6.45, 7) is 5.29. The number of hydrogen-bond acceptors (Lipinski definition) is 7. The number of fused-ring (bicyclic) bond motifs is 3. The van der Waals surface area contributed by atoms with E-state index in [1.54, 1.807) is 19.2 Å². The van der Waals surface area contributed by atoms with Crippen molar-refractivity contribution in [3.63, 3.8) is 0 Å². The van der Waals surface area contributed by atoms with Crippen LogP contribution in [0.4, 0.5) is 5.95 Å². The smallest absolute Gasteiger partial charge is 0.332 e. The van der Waals surface area contributed by atoms with E-state index in [-0.39, 0.29) is 24.8 Å². The molecule has 0 spiro atoms. The van der Waals surface area contributed by atoms with E-state index < -0.39 is 5.69 Å². The van der Waals surface area contributed by atoms with Crippen LogP contribution >= 0.6 is 0 Å². The molecule has 0 aliphatic carbocycles. The largest absolute Gasteiger partial charge is 0.383 e. The second-order valence-corrected chi connectivity index (χ2v) is 6.28. The average molecular weight is 364 g/mol. The molecule has 10 heteroatoms. The first-order valence-electron chi connectivity index (χ1n) is 8.44. The molecule has 0 amide bonds. The molecule has 0 fully saturated rings. The third-order valence-electron chi connectivity index (χ3n) is 4.68. The van der Waals surface area contributed by atoms with Crippen LogP contribution in [0.2, 0.25) is 0 Å². The van der Waals surface area contributed by atoms with Crippen molar-refractivity contribution in [2.45, 2.75) is 26.4 Å². The Kier molecular flexibility index (Phi) is 4.97. The topological polar surface area (TPSA) is 95.9 Å². The normalized spacial score (nSPS) is 16.9. The predicted octanol–water partition coefficient (Wildman–Crippen LogP) is -0.0536. The van der Waals surface area contributed by atoms with Gasteiger partial charge in [0.1, 0.15) is 0 Å². The lowest BCUT2D eigenvalue weighted by molar-refractivity contribution is 0.184. The van der Waals surface area contributed by atoms with Crippen molar-refractivity contribution < 1.29 is 9.47 Å². The van der Waals surface area contributed by atoms with Gasteiger partial charge in [0, 0.05) is 21.3 Å². The molecular formula is C16H24N6O4. The third-order valence-corrected chi connectivity index (χ3v) is 4.68. The van der Waals surface area contributed by atoms with Crippen molar-refractivity contribution in [3.05, 3.63) is 20.8 Å². The zero-order valence-corrected chi connectivity index (χ0v) is 15.7. The number of anilines is 1. The predicted molar refractivity (Wildman–Crippen MR) is 98.2 cm³/mol. The minimum atomic E-state index is -0.413. The molecule has 3 heterocycles. The fourth-order valence-electron chi connectivity index (χ4n) is 3.09. The molecule has 0 saturated heterocycles. The van der Waals surface area contributed by atoms with Crippen molar-refractivity contribution in [1.82, 2.24) is 18.7 Å². The quantitative estimate of drug-likeness (QED) is 0.713. The maximum absolute atomic E-state index is 13.1. The number of aromatic nitrogens is 4. The van der Waals surface area contributed by atoms with Crippen molar-refractivity contribution in [2.75, 3.05) is 39.0 Å². The number of methoxy groups -OCH3 is 2. The highest BCUT2D eigenvalue weighted by Crippen LogP contribution is 2.29. The van der Waals surface area contributed by atoms with Crippen LogP contribution in [-0.2, 0) is 23.1 Å². The van der Waals surface area contributed by atoms with Gasteiger partial charge in [0.15, 0.2) is 11.2 Å². The molecule has 1 atom stereocenters. The molecule has 0 bridgehead atoms. The van der Waals surface area contributed by atoms with E-state index in [0.717, 1.165) is 5.71 Å². The summed E-state index contributed by atoms with van der Waals surface area (Å²) < 4.78 is 14.6. The molecule has 0 unspecified atom stereocenters. The summed E-state index contributed by atoms with van der Waals surface area (Å²) in [5.74, 6) is 0.534. The van der Waals surface area contributed by atoms with Gasteiger partial charge in [-0.25, -0.2) is 9.80 Å². The minimum Gasteiger partial charge on any atom is -0.383 e. The van der Waals surface area contributed by atoms with E-state index >= 15 is 0 Å². The highest BCUT2D eigenvalue weighted by Gasteiger charge is 2.30. The van der Waals surface area contributed by atoms with Crippen LogP contribution < -0.4 is 16.3 Å². The summed E-state index contributed by atoms with van der Waals surface area (Å²) in [6, 6.07) is -0.144. The van der Waals surface area contributed by atoms with Gasteiger partial charge in [-0.1, -0.05) is 0 Å². The lowest BCUT2D eigenvalue weighted by Crippen LogP contribution is -2.41. The van der Waals surface area contributed by atoms with Crippen LogP contribution in [0.15, 0.2) is 14.7 Å². The SMILES string of the molecule is COCCN1N=C(C)[C@H](C)n2c1nc1c2c(=O)n(CCOC)c(=O)n1C. The average Bonchev–Trinajstić information content (AvgIpc) is 3.03. The molecular weight excluding hydrogens is 340 g/mol. The number of hydrogen-bond donors (Lipinski definition) is 0. The zero-order chi connectivity index (χ0) is 19.0. The van der Waals surface area contributed by atoms with Crippen LogP contribution in [0.5, 0.6) is 0 Å². The first kappa shape index (κ1) is 18.3. The number of hydrazone groups is 1. The van der Waals surface area contributed by atoms with E-state index in [2.05, 4.69) is 10.1 Å². The minimum absolute atomic E-state index is 0.144. The van der Waals surface area contributed by atoms with E-state index in [1.165, 1.54) is 16.2 Å². The van der Waals surface area contributed by atoms with Crippen LogP contribution in [0.1, 0.15) is 19.9 Å². The molecule has 10 nitrogen and oxygen atoms in total. The highest BCUT2D eigenvalue weighted by atomic mass is 16.5. The Hall–Kier alpha value is -2.46. The van der Waals surface area contributed by atoms with Crippen molar-refractivity contribution in [3.8, 4) is 0 Å². The molecule has 3 rings (SSSR count). The number of ether oxygens (including phenoxy) is 2. The molecule has 2 aromatic heterocycles. The Morgan fingerprint density at radius 1 is 1.12 bits per heavy atom. The molecule has 0 saturated carbocycles. The van der Waals surface area contributed by atoms with Gasteiger partial charge in [0.25, 0.3) is 5.56 Å². The Labute approximate surface area is 150 Å². The van der Waals surface area contributed by atoms with Crippen molar-refractivity contribution in [1.29, 1.82) is 0 Å². The van der Waals surface area contributed by atoms with E-state index in [1.807, 2.05) is 18.4 Å². The first-order chi connectivity index (χ1) is 12.4. The van der Waals surface area contributed by atoms with Gasteiger partial charge in [-0.3, -0.25) is 18.5 Å². The van der Waals surface area contributed by atoms with Gasteiger partial charge in [-0.15, -0.1) is 0 Å². The number of imidazole rings is 1. The Morgan fingerprint density at radius 2 is 1.77 bits per heavy atom. The van der Waals surface area contributed by atoms with E-state index in [4.69, 9.17) is 9.47 Å². The summed E-state index contributed by atoms with van der Waals surface area (Å²) in [7, 11) is 4.76. The summed E-state index contributed by atoms with van der Waals surface area (Å²) in [5.41, 5.74) is 0.811. The summed E-state index contributed by atoms with van der Waals surface area (Å²) in [4.78, 5) is 30.2. The molecule has 142 valence electrons. The highest BCUT2D eigenvalue weighted by molar-refractivity contribution is 5.91. The van der Waals surface area contributed by atoms with E-state index in [9.17, 15) is 9.59 Å². The molecule has 1 aliphatic rings. The Bertz CT molecular complexity index is 970. The Balaban J connectivity index is 2.29. The lowest BCUT2D eigenvalue weighted by atomic mass is 10.2. The zero-order valence-electron chi connectivity index (χ0n) is 15.7. The summed E-state index contributed by atoms with van der Waals surface area (Å²) in [6.07, 6.45) is 0. The van der Waals surface area contributed by atoms with Crippen LogP contribution in [0.25, 0.3) is 11.2 Å². The van der Waals surface area contributed by atoms with Crippen LogP contribution in [0.3, 0.4) is 0 Å². The van der Waals surface area contributed by atoms with Gasteiger partial charge in [0.05, 0.1) is 38.1 Å². The first-order valence-corrected chi connectivity index (χ1v) is 8.44. The third kappa shape index (κ3) is 2.74. The summed E-state index contributed by atoms with van der Waals surface area (Å²) in [5, 5.41) is 6.27. The van der Waals surface area contributed by atoms with Gasteiger partial charge in [-0.05, 0) is 13.8 Å². The fourth-order valence-corrected chi connectivity index (χ4v) is 3.09. The molecule has 1 aliphatic heterocycles. The second kappa shape index (κ2) is 7.04.